The van der Waals surface area contributed by atoms with Crippen molar-refractivity contribution in [2.24, 2.45) is 0 Å². The molecule has 0 spiro atoms. The van der Waals surface area contributed by atoms with Crippen LogP contribution in [0.5, 0.6) is 11.5 Å². The third-order valence-corrected chi connectivity index (χ3v) is 4.68. The number of benzene rings is 3. The van der Waals surface area contributed by atoms with Crippen LogP contribution in [-0.4, -0.2) is 13.0 Å². The molecule has 3 aromatic carbocycles. The van der Waals surface area contributed by atoms with Gasteiger partial charge in [-0.1, -0.05) is 48.5 Å². The lowest BCUT2D eigenvalue weighted by molar-refractivity contribution is -0.111. The summed E-state index contributed by atoms with van der Waals surface area (Å²) >= 11 is 3.41. The highest BCUT2D eigenvalue weighted by atomic mass is 79.9. The highest BCUT2D eigenvalue weighted by molar-refractivity contribution is 9.10. The Bertz CT molecular complexity index is 971. The summed E-state index contributed by atoms with van der Waals surface area (Å²) in [6.45, 7) is 0.459. The van der Waals surface area contributed by atoms with Crippen molar-refractivity contribution >= 4 is 33.6 Å². The van der Waals surface area contributed by atoms with Crippen molar-refractivity contribution in [2.75, 3.05) is 12.4 Å². The van der Waals surface area contributed by atoms with Crippen molar-refractivity contribution in [2.45, 2.75) is 6.61 Å². The van der Waals surface area contributed by atoms with Crippen molar-refractivity contribution in [3.8, 4) is 11.5 Å². The fourth-order valence-electron chi connectivity index (χ4n) is 2.55. The zero-order valence-electron chi connectivity index (χ0n) is 15.4. The Kier molecular flexibility index (Phi) is 6.87. The number of amides is 1. The minimum atomic E-state index is -0.213. The molecule has 5 heteroatoms. The molecule has 1 N–H and O–H groups in total. The summed E-state index contributed by atoms with van der Waals surface area (Å²) in [4.78, 5) is 12.1. The maximum absolute atomic E-state index is 12.1. The molecular weight excluding hydrogens is 418 g/mol. The Balaban J connectivity index is 1.65. The Morgan fingerprint density at radius 1 is 1.00 bits per heavy atom. The maximum atomic E-state index is 12.1. The summed E-state index contributed by atoms with van der Waals surface area (Å²) in [7, 11) is 1.60. The number of para-hydroxylation sites is 1. The Labute approximate surface area is 172 Å². The van der Waals surface area contributed by atoms with Gasteiger partial charge in [0.05, 0.1) is 12.8 Å². The number of anilines is 1. The molecule has 1 amide bonds. The smallest absolute Gasteiger partial charge is 0.248 e. The zero-order valence-corrected chi connectivity index (χ0v) is 17.0. The van der Waals surface area contributed by atoms with Crippen LogP contribution in [0.15, 0.2) is 83.3 Å². The van der Waals surface area contributed by atoms with Gasteiger partial charge in [-0.2, -0.15) is 0 Å². The lowest BCUT2D eigenvalue weighted by atomic mass is 10.2. The standard InChI is InChI=1S/C23H20BrNO3/c1-27-22-15-17(11-13-21(22)28-16-18-7-3-2-4-8-18)12-14-23(26)25-20-10-6-5-9-19(20)24/h2-15H,16H2,1H3,(H,25,26). The van der Waals surface area contributed by atoms with Crippen LogP contribution < -0.4 is 14.8 Å². The first-order valence-electron chi connectivity index (χ1n) is 8.74. The predicted molar refractivity (Wildman–Crippen MR) is 116 cm³/mol. The number of nitrogens with one attached hydrogen (secondary N) is 1. The van der Waals surface area contributed by atoms with Crippen LogP contribution in [0.3, 0.4) is 0 Å². The number of ether oxygens (including phenoxy) is 2. The number of carbonyl (C=O) groups excluding carboxylic acids is 1. The van der Waals surface area contributed by atoms with Crippen molar-refractivity contribution in [3.63, 3.8) is 0 Å². The molecule has 0 heterocycles. The van der Waals surface area contributed by atoms with Gasteiger partial charge in [-0.05, 0) is 57.4 Å². The Morgan fingerprint density at radius 3 is 2.50 bits per heavy atom. The fraction of sp³-hybridized carbons (Fsp3) is 0.0870. The molecule has 0 aromatic heterocycles. The Hall–Kier alpha value is -3.05. The molecule has 4 nitrogen and oxygen atoms in total. The second kappa shape index (κ2) is 9.76. The number of halogens is 1. The third kappa shape index (κ3) is 5.47. The quantitative estimate of drug-likeness (QED) is 0.483. The predicted octanol–water partition coefficient (Wildman–Crippen LogP) is 5.69. The van der Waals surface area contributed by atoms with E-state index in [4.69, 9.17) is 9.47 Å². The summed E-state index contributed by atoms with van der Waals surface area (Å²) < 4.78 is 12.1. The highest BCUT2D eigenvalue weighted by Crippen LogP contribution is 2.29. The topological polar surface area (TPSA) is 47.6 Å². The van der Waals surface area contributed by atoms with E-state index in [9.17, 15) is 4.79 Å². The van der Waals surface area contributed by atoms with Gasteiger partial charge in [0, 0.05) is 10.5 Å². The van der Waals surface area contributed by atoms with Crippen LogP contribution in [0.25, 0.3) is 6.08 Å². The minimum absolute atomic E-state index is 0.213. The van der Waals surface area contributed by atoms with E-state index >= 15 is 0 Å². The van der Waals surface area contributed by atoms with Gasteiger partial charge in [0.2, 0.25) is 5.91 Å². The minimum Gasteiger partial charge on any atom is -0.493 e. The molecule has 0 aliphatic heterocycles. The first-order chi connectivity index (χ1) is 13.7. The van der Waals surface area contributed by atoms with Gasteiger partial charge in [0.15, 0.2) is 11.5 Å². The van der Waals surface area contributed by atoms with Gasteiger partial charge in [-0.15, -0.1) is 0 Å². The van der Waals surface area contributed by atoms with E-state index in [0.717, 1.165) is 21.3 Å². The number of rotatable bonds is 7. The maximum Gasteiger partial charge on any atom is 0.248 e. The molecule has 0 saturated heterocycles. The van der Waals surface area contributed by atoms with Crippen molar-refractivity contribution in [1.29, 1.82) is 0 Å². The lowest BCUT2D eigenvalue weighted by Gasteiger charge is -2.11. The van der Waals surface area contributed by atoms with Crippen molar-refractivity contribution in [3.05, 3.63) is 94.5 Å². The van der Waals surface area contributed by atoms with E-state index in [0.29, 0.717) is 18.1 Å². The van der Waals surface area contributed by atoms with Crippen LogP contribution in [0, 0.1) is 0 Å². The molecular formula is C23H20BrNO3. The average molecular weight is 438 g/mol. The van der Waals surface area contributed by atoms with Crippen LogP contribution in [0.4, 0.5) is 5.69 Å². The van der Waals surface area contributed by atoms with Crippen LogP contribution in [-0.2, 0) is 11.4 Å². The monoisotopic (exact) mass is 437 g/mol. The van der Waals surface area contributed by atoms with E-state index < -0.39 is 0 Å². The first-order valence-corrected chi connectivity index (χ1v) is 9.53. The van der Waals surface area contributed by atoms with Gasteiger partial charge in [0.25, 0.3) is 0 Å². The van der Waals surface area contributed by atoms with Gasteiger partial charge < -0.3 is 14.8 Å². The molecule has 142 valence electrons. The van der Waals surface area contributed by atoms with E-state index in [1.807, 2.05) is 72.8 Å². The summed E-state index contributed by atoms with van der Waals surface area (Å²) in [6, 6.07) is 23.0. The number of methoxy groups -OCH3 is 1. The van der Waals surface area contributed by atoms with Crippen molar-refractivity contribution in [1.82, 2.24) is 0 Å². The molecule has 0 atom stereocenters. The molecule has 0 saturated carbocycles. The summed E-state index contributed by atoms with van der Waals surface area (Å²) in [5, 5.41) is 2.83. The molecule has 0 aliphatic carbocycles. The number of carbonyl (C=O) groups is 1. The van der Waals surface area contributed by atoms with Crippen LogP contribution >= 0.6 is 15.9 Å². The van der Waals surface area contributed by atoms with Gasteiger partial charge in [-0.3, -0.25) is 4.79 Å². The molecule has 28 heavy (non-hydrogen) atoms. The van der Waals surface area contributed by atoms with Crippen molar-refractivity contribution < 1.29 is 14.3 Å². The van der Waals surface area contributed by atoms with E-state index in [1.54, 1.807) is 13.2 Å². The molecule has 0 unspecified atom stereocenters. The van der Waals surface area contributed by atoms with Gasteiger partial charge >= 0.3 is 0 Å². The SMILES string of the molecule is COc1cc(C=CC(=O)Nc2ccccc2Br)ccc1OCc1ccccc1. The summed E-state index contributed by atoms with van der Waals surface area (Å²) in [5.74, 6) is 1.06. The van der Waals surface area contributed by atoms with E-state index in [-0.39, 0.29) is 5.91 Å². The highest BCUT2D eigenvalue weighted by Gasteiger charge is 2.06. The Morgan fingerprint density at radius 2 is 1.75 bits per heavy atom. The van der Waals surface area contributed by atoms with E-state index in [2.05, 4.69) is 21.2 Å². The number of hydrogen-bond acceptors (Lipinski definition) is 3. The number of hydrogen-bond donors (Lipinski definition) is 1. The molecule has 0 fully saturated rings. The van der Waals surface area contributed by atoms with Gasteiger partial charge in [0.1, 0.15) is 6.61 Å². The lowest BCUT2D eigenvalue weighted by Crippen LogP contribution is -2.08. The molecule has 0 aliphatic rings. The van der Waals surface area contributed by atoms with E-state index in [1.165, 1.54) is 6.08 Å². The molecule has 3 aromatic rings. The molecule has 3 rings (SSSR count). The second-order valence-electron chi connectivity index (χ2n) is 5.99. The summed E-state index contributed by atoms with van der Waals surface area (Å²) in [6.07, 6.45) is 3.22. The zero-order chi connectivity index (χ0) is 19.8. The average Bonchev–Trinajstić information content (AvgIpc) is 2.73. The molecule has 0 radical (unpaired) electrons. The second-order valence-corrected chi connectivity index (χ2v) is 6.84. The summed E-state index contributed by atoms with van der Waals surface area (Å²) in [5.41, 5.74) is 2.64. The molecule has 0 bridgehead atoms. The largest absolute Gasteiger partial charge is 0.493 e. The third-order valence-electron chi connectivity index (χ3n) is 3.98. The fourth-order valence-corrected chi connectivity index (χ4v) is 2.94. The normalized spacial score (nSPS) is 10.6. The van der Waals surface area contributed by atoms with Gasteiger partial charge in [-0.25, -0.2) is 0 Å². The van der Waals surface area contributed by atoms with Crippen LogP contribution in [0.1, 0.15) is 11.1 Å². The first kappa shape index (κ1) is 19.7. The van der Waals surface area contributed by atoms with Crippen LogP contribution in [0.2, 0.25) is 0 Å².